The van der Waals surface area contributed by atoms with E-state index < -0.39 is 6.10 Å². The Balaban J connectivity index is 2.83. The van der Waals surface area contributed by atoms with Crippen molar-refractivity contribution in [1.82, 2.24) is 0 Å². The summed E-state index contributed by atoms with van der Waals surface area (Å²) in [5, 5.41) is 10.5. The fraction of sp³-hybridized carbons (Fsp3) is 0.455. The lowest BCUT2D eigenvalue weighted by Crippen LogP contribution is -2.33. The molecule has 0 saturated carbocycles. The van der Waals surface area contributed by atoms with E-state index in [0.29, 0.717) is 5.02 Å². The topological polar surface area (TPSA) is 46.2 Å². The lowest BCUT2D eigenvalue weighted by Gasteiger charge is -2.22. The van der Waals surface area contributed by atoms with E-state index in [1.165, 1.54) is 0 Å². The average molecular weight is 214 g/mol. The number of aliphatic hydroxyl groups is 1. The van der Waals surface area contributed by atoms with E-state index in [2.05, 4.69) is 0 Å². The smallest absolute Gasteiger partial charge is 0.0943 e. The molecule has 78 valence electrons. The maximum Gasteiger partial charge on any atom is 0.0943 e. The van der Waals surface area contributed by atoms with Gasteiger partial charge in [0.05, 0.1) is 6.10 Å². The van der Waals surface area contributed by atoms with Crippen LogP contribution in [0.15, 0.2) is 24.3 Å². The molecule has 0 aliphatic carbocycles. The molecule has 0 heterocycles. The zero-order valence-electron chi connectivity index (χ0n) is 8.44. The Morgan fingerprint density at radius 1 is 1.36 bits per heavy atom. The highest BCUT2D eigenvalue weighted by Gasteiger charge is 2.19. The van der Waals surface area contributed by atoms with Crippen LogP contribution in [0.3, 0.4) is 0 Å². The number of hydrogen-bond acceptors (Lipinski definition) is 2. The molecular weight excluding hydrogens is 198 g/mol. The zero-order chi connectivity index (χ0) is 10.7. The normalized spacial score (nSPS) is 15.6. The third-order valence-electron chi connectivity index (χ3n) is 2.32. The van der Waals surface area contributed by atoms with Crippen molar-refractivity contribution in [2.75, 3.05) is 0 Å². The van der Waals surface area contributed by atoms with E-state index in [1.807, 2.05) is 26.0 Å². The third kappa shape index (κ3) is 2.71. The Bertz CT molecular complexity index is 301. The SMILES string of the molecule is CC(C)[C@H](N)[C@H](O)c1cccc(Cl)c1. The summed E-state index contributed by atoms with van der Waals surface area (Å²) < 4.78 is 0. The average Bonchev–Trinajstić information content (AvgIpc) is 2.15. The van der Waals surface area contributed by atoms with Gasteiger partial charge in [-0.1, -0.05) is 37.6 Å². The highest BCUT2D eigenvalue weighted by Crippen LogP contribution is 2.22. The summed E-state index contributed by atoms with van der Waals surface area (Å²) >= 11 is 5.82. The first-order valence-electron chi connectivity index (χ1n) is 4.71. The molecule has 3 N–H and O–H groups in total. The molecule has 14 heavy (non-hydrogen) atoms. The maximum atomic E-state index is 9.90. The molecule has 0 radical (unpaired) electrons. The minimum absolute atomic E-state index is 0.240. The van der Waals surface area contributed by atoms with Crippen molar-refractivity contribution >= 4 is 11.6 Å². The minimum atomic E-state index is -0.645. The summed E-state index contributed by atoms with van der Waals surface area (Å²) in [6, 6.07) is 6.91. The Morgan fingerprint density at radius 3 is 2.50 bits per heavy atom. The molecule has 2 nitrogen and oxygen atoms in total. The van der Waals surface area contributed by atoms with E-state index in [4.69, 9.17) is 17.3 Å². The molecule has 0 unspecified atom stereocenters. The van der Waals surface area contributed by atoms with Crippen LogP contribution in [0, 0.1) is 5.92 Å². The molecule has 0 aromatic heterocycles. The van der Waals surface area contributed by atoms with Crippen LogP contribution in [-0.2, 0) is 0 Å². The highest BCUT2D eigenvalue weighted by atomic mass is 35.5. The lowest BCUT2D eigenvalue weighted by molar-refractivity contribution is 0.126. The molecule has 0 saturated heterocycles. The number of nitrogens with two attached hydrogens (primary N) is 1. The molecule has 0 amide bonds. The van der Waals surface area contributed by atoms with Crippen molar-refractivity contribution in [2.24, 2.45) is 11.7 Å². The second-order valence-corrected chi connectivity index (χ2v) is 4.26. The molecule has 0 aliphatic rings. The van der Waals surface area contributed by atoms with E-state index in [1.54, 1.807) is 12.1 Å². The van der Waals surface area contributed by atoms with Crippen molar-refractivity contribution in [3.8, 4) is 0 Å². The van der Waals surface area contributed by atoms with Gasteiger partial charge >= 0.3 is 0 Å². The van der Waals surface area contributed by atoms with E-state index in [9.17, 15) is 5.11 Å². The van der Waals surface area contributed by atoms with Crippen molar-refractivity contribution < 1.29 is 5.11 Å². The van der Waals surface area contributed by atoms with E-state index >= 15 is 0 Å². The maximum absolute atomic E-state index is 9.90. The number of hydrogen-bond donors (Lipinski definition) is 2. The van der Waals surface area contributed by atoms with Crippen molar-refractivity contribution in [3.63, 3.8) is 0 Å². The van der Waals surface area contributed by atoms with E-state index in [0.717, 1.165) is 5.56 Å². The van der Waals surface area contributed by atoms with Crippen LogP contribution in [-0.4, -0.2) is 11.1 Å². The van der Waals surface area contributed by atoms with Crippen molar-refractivity contribution in [3.05, 3.63) is 34.9 Å². The fourth-order valence-corrected chi connectivity index (χ4v) is 1.48. The second-order valence-electron chi connectivity index (χ2n) is 3.82. The molecular formula is C11H16ClNO. The predicted octanol–water partition coefficient (Wildman–Crippen LogP) is 2.36. The molecule has 2 atom stereocenters. The van der Waals surface area contributed by atoms with Gasteiger partial charge in [0.25, 0.3) is 0 Å². The number of halogens is 1. The largest absolute Gasteiger partial charge is 0.387 e. The highest BCUT2D eigenvalue weighted by molar-refractivity contribution is 6.30. The minimum Gasteiger partial charge on any atom is -0.387 e. The zero-order valence-corrected chi connectivity index (χ0v) is 9.20. The number of rotatable bonds is 3. The van der Waals surface area contributed by atoms with Crippen LogP contribution in [0.4, 0.5) is 0 Å². The summed E-state index contributed by atoms with van der Waals surface area (Å²) in [6.45, 7) is 3.97. The number of aliphatic hydroxyl groups excluding tert-OH is 1. The van der Waals surface area contributed by atoms with Gasteiger partial charge in [-0.3, -0.25) is 0 Å². The monoisotopic (exact) mass is 213 g/mol. The van der Waals surface area contributed by atoms with Gasteiger partial charge in [-0.05, 0) is 23.6 Å². The summed E-state index contributed by atoms with van der Waals surface area (Å²) in [5.74, 6) is 0.240. The quantitative estimate of drug-likeness (QED) is 0.810. The molecule has 0 fully saturated rings. The van der Waals surface area contributed by atoms with Crippen LogP contribution >= 0.6 is 11.6 Å². The van der Waals surface area contributed by atoms with Gasteiger partial charge in [-0.2, -0.15) is 0 Å². The Morgan fingerprint density at radius 2 is 2.00 bits per heavy atom. The number of benzene rings is 1. The summed E-state index contributed by atoms with van der Waals surface area (Å²) in [4.78, 5) is 0. The standard InChI is InChI=1S/C11H16ClNO/c1-7(2)10(13)11(14)8-4-3-5-9(12)6-8/h3-7,10-11,14H,13H2,1-2H3/t10-,11+/m0/s1. The Labute approximate surface area is 89.7 Å². The van der Waals surface area contributed by atoms with Crippen LogP contribution in [0.5, 0.6) is 0 Å². The van der Waals surface area contributed by atoms with Gasteiger partial charge in [0.2, 0.25) is 0 Å². The second kappa shape index (κ2) is 4.78. The first-order chi connectivity index (χ1) is 6.52. The third-order valence-corrected chi connectivity index (χ3v) is 2.56. The molecule has 0 aliphatic heterocycles. The molecule has 0 bridgehead atoms. The van der Waals surface area contributed by atoms with Crippen LogP contribution < -0.4 is 5.73 Å². The lowest BCUT2D eigenvalue weighted by atomic mass is 9.94. The van der Waals surface area contributed by atoms with Crippen molar-refractivity contribution in [1.29, 1.82) is 0 Å². The van der Waals surface area contributed by atoms with Gasteiger partial charge in [-0.25, -0.2) is 0 Å². The molecule has 1 rings (SSSR count). The van der Waals surface area contributed by atoms with Crippen LogP contribution in [0.25, 0.3) is 0 Å². The van der Waals surface area contributed by atoms with Crippen LogP contribution in [0.2, 0.25) is 5.02 Å². The van der Waals surface area contributed by atoms with Gasteiger partial charge in [0.15, 0.2) is 0 Å². The van der Waals surface area contributed by atoms with Gasteiger partial charge in [-0.15, -0.1) is 0 Å². The predicted molar refractivity (Wildman–Crippen MR) is 59.2 cm³/mol. The van der Waals surface area contributed by atoms with Crippen molar-refractivity contribution in [2.45, 2.75) is 26.0 Å². The van der Waals surface area contributed by atoms with Gasteiger partial charge in [0, 0.05) is 11.1 Å². The summed E-state index contributed by atoms with van der Waals surface area (Å²) in [7, 11) is 0. The molecule has 1 aromatic rings. The van der Waals surface area contributed by atoms with E-state index in [-0.39, 0.29) is 12.0 Å². The Kier molecular flexibility index (Phi) is 3.93. The van der Waals surface area contributed by atoms with Gasteiger partial charge < -0.3 is 10.8 Å². The molecule has 3 heteroatoms. The fourth-order valence-electron chi connectivity index (χ4n) is 1.28. The molecule has 1 aromatic carbocycles. The summed E-state index contributed by atoms with van der Waals surface area (Å²) in [6.07, 6.45) is -0.645. The Hall–Kier alpha value is -0.570. The molecule has 0 spiro atoms. The summed E-state index contributed by atoms with van der Waals surface area (Å²) in [5.41, 5.74) is 6.63. The first kappa shape index (κ1) is 11.5. The van der Waals surface area contributed by atoms with Crippen LogP contribution in [0.1, 0.15) is 25.5 Å². The first-order valence-corrected chi connectivity index (χ1v) is 5.09. The van der Waals surface area contributed by atoms with Gasteiger partial charge in [0.1, 0.15) is 0 Å².